The zero-order chi connectivity index (χ0) is 82.7. The van der Waals surface area contributed by atoms with Gasteiger partial charge in [-0.25, -0.2) is 4.79 Å². The van der Waals surface area contributed by atoms with Crippen molar-refractivity contribution >= 4 is 98.7 Å². The zero-order valence-corrected chi connectivity index (χ0v) is 65.1. The van der Waals surface area contributed by atoms with Crippen LogP contribution < -0.4 is 92.5 Å². The van der Waals surface area contributed by atoms with Crippen LogP contribution in [0.3, 0.4) is 0 Å². The summed E-state index contributed by atoms with van der Waals surface area (Å²) in [6.07, 6.45) is 3.74. The molecule has 12 amide bonds. The summed E-state index contributed by atoms with van der Waals surface area (Å²) >= 11 is 0. The summed E-state index contributed by atoms with van der Waals surface area (Å²) in [4.78, 5) is 193. The van der Waals surface area contributed by atoms with Crippen molar-refractivity contribution in [2.24, 2.45) is 40.5 Å². The van der Waals surface area contributed by atoms with E-state index < -0.39 is 163 Å². The summed E-state index contributed by atoms with van der Waals surface area (Å²) in [5, 5.41) is 53.8. The molecule has 0 bridgehead atoms. The number of carbonyl (C=O) groups is 13. The maximum Gasteiger partial charge on any atom is 0.331 e. The zero-order valence-electron chi connectivity index (χ0n) is 65.1. The van der Waals surface area contributed by atoms with Gasteiger partial charge in [0, 0.05) is 59.9 Å². The maximum atomic E-state index is 15.1. The number of hydrogen-bond donors (Lipinski definition) is 21. The number of aromatic nitrogens is 2. The third kappa shape index (κ3) is 28.5. The fourth-order valence-electron chi connectivity index (χ4n) is 12.9. The molecule has 0 saturated carbocycles. The smallest absolute Gasteiger partial charge is 0.331 e. The van der Waals surface area contributed by atoms with Crippen LogP contribution in [0.1, 0.15) is 141 Å². The number of cyclic esters (lactones) is 1. The molecule has 0 spiro atoms. The van der Waals surface area contributed by atoms with Crippen LogP contribution in [0.25, 0.3) is 21.8 Å². The lowest BCUT2D eigenvalue weighted by molar-refractivity contribution is -0.157. The quantitative estimate of drug-likeness (QED) is 0.0194. The number of fused-ring (bicyclic) bond motifs is 2. The first-order valence-electron chi connectivity index (χ1n) is 39.0. The normalized spacial score (nSPS) is 18.1. The van der Waals surface area contributed by atoms with Gasteiger partial charge >= 0.3 is 5.97 Å². The number of H-pyrrole nitrogens is 2. The Morgan fingerprint density at radius 1 is 0.496 bits per heavy atom. The van der Waals surface area contributed by atoms with Gasteiger partial charge in [-0.3, -0.25) is 57.5 Å². The molecular formula is C78H117N19O16. The number of rotatable bonds is 45. The van der Waals surface area contributed by atoms with E-state index >= 15 is 9.59 Å². The van der Waals surface area contributed by atoms with Crippen molar-refractivity contribution in [1.29, 1.82) is 0 Å². The fraction of sp³-hybridized carbons (Fsp3) is 0.551. The van der Waals surface area contributed by atoms with Crippen LogP contribution in [0.4, 0.5) is 0 Å². The molecule has 14 atom stereocenters. The van der Waals surface area contributed by atoms with E-state index in [0.29, 0.717) is 57.8 Å². The number of ether oxygens (including phenoxy) is 1. The molecule has 1 aliphatic rings. The van der Waals surface area contributed by atoms with E-state index in [1.165, 1.54) is 19.1 Å². The molecule has 26 N–H and O–H groups in total. The van der Waals surface area contributed by atoms with Crippen molar-refractivity contribution < 1.29 is 77.3 Å². The van der Waals surface area contributed by atoms with Crippen LogP contribution in [0.5, 0.6) is 5.75 Å². The predicted molar refractivity (Wildman–Crippen MR) is 422 cm³/mol. The van der Waals surface area contributed by atoms with Crippen molar-refractivity contribution in [3.05, 3.63) is 102 Å². The number of aromatic amines is 2. The first-order valence-corrected chi connectivity index (χ1v) is 39.0. The second-order valence-corrected chi connectivity index (χ2v) is 28.8. The summed E-state index contributed by atoms with van der Waals surface area (Å²) in [7, 11) is 0. The minimum Gasteiger partial charge on any atom is -0.508 e. The number of amides is 12. The van der Waals surface area contributed by atoms with E-state index in [-0.39, 0.29) is 134 Å². The van der Waals surface area contributed by atoms with Gasteiger partial charge in [0.25, 0.3) is 0 Å². The molecule has 1 aliphatic heterocycles. The van der Waals surface area contributed by atoms with E-state index in [1.807, 2.05) is 32.0 Å². The van der Waals surface area contributed by atoms with Gasteiger partial charge in [0.1, 0.15) is 72.3 Å². The highest BCUT2D eigenvalue weighted by Crippen LogP contribution is 2.23. The first kappa shape index (κ1) is 91.3. The second-order valence-electron chi connectivity index (χ2n) is 28.8. The monoisotopic (exact) mass is 1580 g/mol. The van der Waals surface area contributed by atoms with Crippen molar-refractivity contribution in [1.82, 2.24) is 73.8 Å². The van der Waals surface area contributed by atoms with E-state index in [0.717, 1.165) is 6.42 Å². The van der Waals surface area contributed by atoms with Gasteiger partial charge in [-0.15, -0.1) is 0 Å². The first-order chi connectivity index (χ1) is 54.2. The van der Waals surface area contributed by atoms with Gasteiger partial charge in [0.2, 0.25) is 70.9 Å². The minimum atomic E-state index is -1.79. The molecular weight excluding hydrogens is 1460 g/mol. The standard InChI is InChI=1S/C78H117N19O16/c1-6-44(3)26-31-64(100)87-55(21-12-32-79)68(102)93-60(37-47-27-29-50(99)30-28-47)73(107)95-61(38-48-40-84-53-19-10-8-17-51(48)53)74(108)92-58(24-15-35-82)71(105)90-56(22-13-33-80)69(103)89-57(23-14-34-81)70(104)91-59(25-16-36-83)72(106)94-62(39-49-41-85-54-20-11-9-18-52(49)54)75(109)97-67-46(5)113-78(112)63(43-98)88-65(101)42-86-76(110)66(45(4)7-2)96-77(67)111/h8-11,17-20,27-30,40-41,44-46,55-63,66-67,84-85,98-99H,6-7,12-16,21-26,31-39,42-43,79-83H2,1-5H3,(H,86,110)(H,87,100)(H,88,101)(H,89,103)(H,90,105)(H,91,104)(H,92,108)(H,93,102)(H,94,106)(H,95,107)(H,96,111)(H,97,109)/t44?,45-,46+,55+,56-,57-,58+,59+,60+,61+,62-,63-,66-,67-/m0/s1. The molecule has 1 unspecified atom stereocenters. The second kappa shape index (κ2) is 47.1. The van der Waals surface area contributed by atoms with Crippen molar-refractivity contribution in [3.8, 4) is 5.75 Å². The van der Waals surface area contributed by atoms with E-state index in [1.54, 1.807) is 68.7 Å². The molecule has 6 rings (SSSR count). The number of aliphatic hydroxyl groups excluding tert-OH is 1. The molecule has 5 aromatic rings. The van der Waals surface area contributed by atoms with Gasteiger partial charge in [-0.2, -0.15) is 0 Å². The van der Waals surface area contributed by atoms with Crippen LogP contribution >= 0.6 is 0 Å². The Balaban J connectivity index is 1.27. The highest BCUT2D eigenvalue weighted by Gasteiger charge is 2.40. The van der Waals surface area contributed by atoms with Gasteiger partial charge in [-0.1, -0.05) is 89.1 Å². The maximum absolute atomic E-state index is 15.1. The number of phenols is 1. The minimum absolute atomic E-state index is 0.0193. The third-order valence-corrected chi connectivity index (χ3v) is 20.1. The molecule has 3 aromatic carbocycles. The Morgan fingerprint density at radius 2 is 0.894 bits per heavy atom. The fourth-order valence-corrected chi connectivity index (χ4v) is 12.9. The van der Waals surface area contributed by atoms with Crippen LogP contribution in [0, 0.1) is 11.8 Å². The number of carbonyl (C=O) groups excluding carboxylic acids is 13. The molecule has 3 heterocycles. The van der Waals surface area contributed by atoms with Crippen molar-refractivity contribution in [2.75, 3.05) is 45.9 Å². The topological polar surface area (TPSA) is 578 Å². The Bertz CT molecular complexity index is 3990. The van der Waals surface area contributed by atoms with Crippen LogP contribution in [0.2, 0.25) is 0 Å². The summed E-state index contributed by atoms with van der Waals surface area (Å²) < 4.78 is 5.60. The summed E-state index contributed by atoms with van der Waals surface area (Å²) in [5.74, 6) is -11.5. The Labute approximate surface area is 657 Å². The van der Waals surface area contributed by atoms with Crippen LogP contribution in [-0.4, -0.2) is 215 Å². The number of nitrogens with one attached hydrogen (secondary N) is 14. The summed E-state index contributed by atoms with van der Waals surface area (Å²) in [6.45, 7) is 7.47. The third-order valence-electron chi connectivity index (χ3n) is 20.1. The van der Waals surface area contributed by atoms with Gasteiger partial charge < -0.3 is 117 Å². The van der Waals surface area contributed by atoms with Crippen molar-refractivity contribution in [3.63, 3.8) is 0 Å². The highest BCUT2D eigenvalue weighted by atomic mass is 16.5. The Morgan fingerprint density at radius 3 is 1.31 bits per heavy atom. The van der Waals surface area contributed by atoms with Gasteiger partial charge in [0.05, 0.1) is 13.2 Å². The van der Waals surface area contributed by atoms with E-state index in [4.69, 9.17) is 33.4 Å². The number of nitrogens with two attached hydrogens (primary N) is 5. The Kier molecular flexibility index (Phi) is 38.0. The largest absolute Gasteiger partial charge is 0.508 e. The summed E-state index contributed by atoms with van der Waals surface area (Å²) in [5.41, 5.74) is 32.9. The highest BCUT2D eigenvalue weighted by molar-refractivity contribution is 6.00. The average Bonchev–Trinajstić information content (AvgIpc) is 1.75. The lowest BCUT2D eigenvalue weighted by Crippen LogP contribution is -2.62. The predicted octanol–water partition coefficient (Wildman–Crippen LogP) is -1.66. The molecule has 620 valence electrons. The lowest BCUT2D eigenvalue weighted by Gasteiger charge is -2.30. The van der Waals surface area contributed by atoms with Gasteiger partial charge in [-0.05, 0) is 163 Å². The van der Waals surface area contributed by atoms with E-state index in [2.05, 4.69) is 73.8 Å². The number of aliphatic hydroxyl groups is 1. The lowest BCUT2D eigenvalue weighted by atomic mass is 9.97. The SMILES string of the molecule is CCC(C)CCC(=O)N[C@H](CCCN)C(=O)N[C@H](Cc1ccc(O)cc1)C(=O)N[C@H](Cc1c[nH]c2ccccc12)C(=O)N[C@H](CCCN)C(=O)N[C@@H](CCCN)C(=O)N[C@@H](CCCN)C(=O)N[C@H](CCCN)C(=O)N[C@@H](Cc1c[nH]c2ccccc12)C(=O)N[C@@H]1C(=O)N[C@@H]([C@@H](C)CC)C(=O)NCC(=O)N[C@@H](CO)C(=O)O[C@@H]1C. The summed E-state index contributed by atoms with van der Waals surface area (Å²) in [6, 6.07) is 4.16. The number of aromatic hydroxyl groups is 1. The van der Waals surface area contributed by atoms with Crippen LogP contribution in [0.15, 0.2) is 85.2 Å². The molecule has 2 aromatic heterocycles. The molecule has 1 fully saturated rings. The van der Waals surface area contributed by atoms with Crippen molar-refractivity contribution in [2.45, 2.75) is 216 Å². The van der Waals surface area contributed by atoms with E-state index in [9.17, 15) is 63.0 Å². The Hall–Kier alpha value is -10.6. The number of benzene rings is 3. The van der Waals surface area contributed by atoms with Crippen LogP contribution in [-0.2, 0) is 86.3 Å². The molecule has 1 saturated heterocycles. The number of esters is 1. The molecule has 0 radical (unpaired) electrons. The average molecular weight is 1580 g/mol. The van der Waals surface area contributed by atoms with Gasteiger partial charge in [0.15, 0.2) is 6.04 Å². The molecule has 35 nitrogen and oxygen atoms in total. The molecule has 35 heteroatoms. The molecule has 113 heavy (non-hydrogen) atoms. The number of para-hydroxylation sites is 2. The molecule has 0 aliphatic carbocycles. The number of phenolic OH excluding ortho intramolecular Hbond substituents is 1. The number of hydrogen-bond acceptors (Lipinski definition) is 21.